The Morgan fingerprint density at radius 1 is 0.463 bits per heavy atom. The fourth-order valence-corrected chi connectivity index (χ4v) is 4.99. The van der Waals surface area contributed by atoms with Crippen LogP contribution in [0.3, 0.4) is 0 Å². The topological polar surface area (TPSA) is 38.0 Å². The van der Waals surface area contributed by atoms with Gasteiger partial charge in [-0.05, 0) is 81.9 Å². The lowest BCUT2D eigenvalue weighted by molar-refractivity contribution is 0.632. The van der Waals surface area contributed by atoms with E-state index in [1.54, 1.807) is 30.3 Å². The lowest BCUT2D eigenvalue weighted by Gasteiger charge is -2.16. The standard InChI is InChI=1S/C24H18FN.C18H14FN.C6H5Br.CH4/c25-23-17-20(18-10-4-1-5-11-18)16-22(19-12-6-2-7-13-19)24(23)26-21-14-8-3-9-15-21;19-17-12-15(13-7-3-1-4-8-13)11-16(18(17)20)14-9-5-2-6-10-14;7-6-4-2-1-3-5-6;/h1-17,26H;1-12H,20H2;1-5H;1H4/i1D,2D,4D,5D,6D,7D,10D,11D,12D,13D;1D,2D,3D,4D,5D,6D,7D,8D,9D,10D;;. The average Bonchev–Trinajstić information content (AvgIpc) is 3.37. The van der Waals surface area contributed by atoms with Crippen molar-refractivity contribution in [2.75, 3.05) is 11.1 Å². The van der Waals surface area contributed by atoms with Gasteiger partial charge in [-0.2, -0.15) is 0 Å². The maximum absolute atomic E-state index is 15.7. The predicted octanol–water partition coefficient (Wildman–Crippen LogP) is 14.7. The van der Waals surface area contributed by atoms with E-state index in [1.807, 2.05) is 30.3 Å². The molecule has 5 heteroatoms. The number of nitrogen functional groups attached to an aromatic ring is 1. The number of hydrogen-bond donors (Lipinski definition) is 2. The third kappa shape index (κ3) is 10.4. The molecule has 0 bridgehead atoms. The minimum atomic E-state index is -1.03. The van der Waals surface area contributed by atoms with Crippen molar-refractivity contribution in [2.45, 2.75) is 7.43 Å². The number of para-hydroxylation sites is 1. The van der Waals surface area contributed by atoms with Crippen molar-refractivity contribution in [3.05, 3.63) is 222 Å². The highest BCUT2D eigenvalue weighted by atomic mass is 79.9. The van der Waals surface area contributed by atoms with E-state index < -0.39 is 138 Å². The molecule has 0 spiro atoms. The quantitative estimate of drug-likeness (QED) is 0.165. The molecule has 8 aromatic carbocycles. The minimum absolute atomic E-state index is 0. The van der Waals surface area contributed by atoms with Gasteiger partial charge in [-0.15, -0.1) is 0 Å². The zero-order valence-electron chi connectivity index (χ0n) is 47.3. The summed E-state index contributed by atoms with van der Waals surface area (Å²) >= 11 is 3.31. The van der Waals surface area contributed by atoms with Crippen LogP contribution in [0.4, 0.5) is 25.8 Å². The van der Waals surface area contributed by atoms with Gasteiger partial charge in [-0.3, -0.25) is 0 Å². The molecule has 0 aliphatic heterocycles. The lowest BCUT2D eigenvalue weighted by Crippen LogP contribution is -1.98. The average molecular weight is 796 g/mol. The van der Waals surface area contributed by atoms with E-state index in [1.165, 1.54) is 6.07 Å². The van der Waals surface area contributed by atoms with Gasteiger partial charge in [-0.25, -0.2) is 8.78 Å². The number of halogens is 3. The van der Waals surface area contributed by atoms with Crippen molar-refractivity contribution < 1.29 is 36.2 Å². The van der Waals surface area contributed by atoms with Crippen LogP contribution in [0.15, 0.2) is 210 Å². The first-order valence-corrected chi connectivity index (χ1v) is 16.3. The number of nitrogens with one attached hydrogen (secondary N) is 1. The van der Waals surface area contributed by atoms with Gasteiger partial charge in [0.15, 0.2) is 0 Å². The van der Waals surface area contributed by atoms with E-state index in [4.69, 9.17) is 33.1 Å². The summed E-state index contributed by atoms with van der Waals surface area (Å²) in [6.07, 6.45) is 0. The molecule has 8 aromatic rings. The van der Waals surface area contributed by atoms with Crippen molar-refractivity contribution in [2.24, 2.45) is 0 Å². The van der Waals surface area contributed by atoms with E-state index >= 15 is 4.39 Å². The molecule has 0 saturated carbocycles. The van der Waals surface area contributed by atoms with Gasteiger partial charge < -0.3 is 11.1 Å². The molecule has 8 rings (SSSR count). The van der Waals surface area contributed by atoms with Crippen LogP contribution in [0, 0.1) is 11.6 Å². The second-order valence-electron chi connectivity index (χ2n) is 10.6. The predicted molar refractivity (Wildman–Crippen MR) is 230 cm³/mol. The summed E-state index contributed by atoms with van der Waals surface area (Å²) < 4.78 is 191. The van der Waals surface area contributed by atoms with Crippen LogP contribution >= 0.6 is 15.9 Å². The highest BCUT2D eigenvalue weighted by Crippen LogP contribution is 2.37. The van der Waals surface area contributed by atoms with Gasteiger partial charge in [-0.1, -0.05) is 181 Å². The van der Waals surface area contributed by atoms with E-state index in [0.717, 1.165) is 22.7 Å². The molecular weight excluding hydrogens is 734 g/mol. The van der Waals surface area contributed by atoms with Gasteiger partial charge in [0.2, 0.25) is 0 Å². The zero-order chi connectivity index (χ0) is 54.2. The van der Waals surface area contributed by atoms with Crippen molar-refractivity contribution in [3.8, 4) is 44.5 Å². The highest BCUT2D eigenvalue weighted by molar-refractivity contribution is 9.10. The van der Waals surface area contributed by atoms with Crippen LogP contribution in [-0.2, 0) is 0 Å². The molecule has 0 aliphatic carbocycles. The smallest absolute Gasteiger partial charge is 0.147 e. The number of hydrogen-bond acceptors (Lipinski definition) is 2. The van der Waals surface area contributed by atoms with Crippen LogP contribution in [0.2, 0.25) is 0 Å². The van der Waals surface area contributed by atoms with Crippen molar-refractivity contribution in [3.63, 3.8) is 0 Å². The molecule has 2 nitrogen and oxygen atoms in total. The van der Waals surface area contributed by atoms with E-state index in [0.29, 0.717) is 5.69 Å². The van der Waals surface area contributed by atoms with Crippen molar-refractivity contribution >= 4 is 33.0 Å². The zero-order valence-corrected chi connectivity index (χ0v) is 28.9. The van der Waals surface area contributed by atoms with Gasteiger partial charge in [0.25, 0.3) is 0 Å². The molecule has 54 heavy (non-hydrogen) atoms. The summed E-state index contributed by atoms with van der Waals surface area (Å²) in [5.41, 5.74) is 3.71. The van der Waals surface area contributed by atoms with Gasteiger partial charge in [0, 0.05) is 21.3 Å². The Morgan fingerprint density at radius 3 is 1.30 bits per heavy atom. The Hall–Kier alpha value is -6.30. The molecule has 0 aliphatic rings. The first-order chi connectivity index (χ1) is 34.2. The molecule has 3 N–H and O–H groups in total. The molecule has 0 aromatic heterocycles. The van der Waals surface area contributed by atoms with E-state index in [-0.39, 0.29) is 57.6 Å². The van der Waals surface area contributed by atoms with Crippen molar-refractivity contribution in [1.82, 2.24) is 0 Å². The molecule has 0 unspecified atom stereocenters. The van der Waals surface area contributed by atoms with Crippen molar-refractivity contribution in [1.29, 1.82) is 0 Å². The monoisotopic (exact) mass is 794 g/mol. The molecule has 0 radical (unpaired) electrons. The lowest BCUT2D eigenvalue weighted by atomic mass is 9.96. The summed E-state index contributed by atoms with van der Waals surface area (Å²) in [6.45, 7) is 0. The molecule has 0 amide bonds. The highest BCUT2D eigenvalue weighted by Gasteiger charge is 2.14. The summed E-state index contributed by atoms with van der Waals surface area (Å²) in [5.74, 6) is -1.94. The number of nitrogens with two attached hydrogens (primary N) is 1. The second kappa shape index (κ2) is 19.5. The summed E-state index contributed by atoms with van der Waals surface area (Å²) in [6, 6.07) is 10.6. The Bertz CT molecular complexity index is 3380. The van der Waals surface area contributed by atoms with Gasteiger partial charge in [0.1, 0.15) is 11.6 Å². The largest absolute Gasteiger partial charge is 0.396 e. The first-order valence-electron chi connectivity index (χ1n) is 25.5. The number of benzene rings is 8. The fourth-order valence-electron chi connectivity index (χ4n) is 4.68. The van der Waals surface area contributed by atoms with Crippen LogP contribution in [0.25, 0.3) is 44.5 Å². The summed E-state index contributed by atoms with van der Waals surface area (Å²) in [7, 11) is 0. The Morgan fingerprint density at radius 2 is 0.852 bits per heavy atom. The third-order valence-electron chi connectivity index (χ3n) is 7.11. The molecular formula is C49H41BrF2N2. The minimum Gasteiger partial charge on any atom is -0.396 e. The SMILES string of the molecule is Brc1ccccc1.C.[2H]c1c([2H])c([2H])c(-c2cc(F)c(N)c(-c3c([2H])c([2H])c([2H])c([2H])c3[2H])c2)c([2H])c1[2H].[2H]c1c([2H])c([2H])c(-c2cc(F)c(Nc3ccccc3)c(-c3c([2H])c([2H])c([2H])c([2H])c3[2H])c2)c([2H])c1[2H]. The number of rotatable bonds is 6. The third-order valence-corrected chi connectivity index (χ3v) is 7.64. The molecule has 0 atom stereocenters. The molecule has 0 saturated heterocycles. The molecule has 268 valence electrons. The normalized spacial score (nSPS) is 15.2. The second-order valence-corrected chi connectivity index (χ2v) is 11.5. The van der Waals surface area contributed by atoms with Gasteiger partial charge in [0.05, 0.1) is 38.8 Å². The van der Waals surface area contributed by atoms with Crippen LogP contribution in [-0.4, -0.2) is 0 Å². The van der Waals surface area contributed by atoms with E-state index in [9.17, 15) is 4.39 Å². The molecule has 0 heterocycles. The first kappa shape index (κ1) is 20.2. The van der Waals surface area contributed by atoms with Crippen LogP contribution in [0.1, 0.15) is 34.8 Å². The maximum atomic E-state index is 15.7. The summed E-state index contributed by atoms with van der Waals surface area (Å²) in [5, 5.41) is 2.88. The fraction of sp³-hybridized carbons (Fsp3) is 0.0204. The Kier molecular flexibility index (Phi) is 7.31. The van der Waals surface area contributed by atoms with Gasteiger partial charge >= 0.3 is 0 Å². The Labute approximate surface area is 353 Å². The maximum Gasteiger partial charge on any atom is 0.147 e. The van der Waals surface area contributed by atoms with Crippen LogP contribution in [0.5, 0.6) is 0 Å². The van der Waals surface area contributed by atoms with Crippen LogP contribution < -0.4 is 11.1 Å². The van der Waals surface area contributed by atoms with E-state index in [2.05, 4.69) is 21.2 Å². The molecule has 0 fully saturated rings. The number of anilines is 3. The Balaban J connectivity index is 0.000000242. The summed E-state index contributed by atoms with van der Waals surface area (Å²) in [4.78, 5) is 0.